The number of hydrogen-bond donors (Lipinski definition) is 1. The first-order valence-electron chi connectivity index (χ1n) is 8.05. The van der Waals surface area contributed by atoms with Crippen LogP contribution in [0.4, 0.5) is 5.69 Å². The minimum atomic E-state index is -0.462. The van der Waals surface area contributed by atoms with Crippen molar-refractivity contribution in [2.75, 3.05) is 5.75 Å². The number of carbonyl (C=O) groups is 2. The molecule has 2 aliphatic rings. The lowest BCUT2D eigenvalue weighted by molar-refractivity contribution is -0.384. The maximum atomic E-state index is 12.4. The fraction of sp³-hybridized carbons (Fsp3) is 0.500. The number of hydrogen-bond acceptors (Lipinski definition) is 5. The molecule has 24 heavy (non-hydrogen) atoms. The van der Waals surface area contributed by atoms with E-state index in [1.807, 2.05) is 0 Å². The first-order chi connectivity index (χ1) is 11.6. The van der Waals surface area contributed by atoms with E-state index in [1.165, 1.54) is 28.9 Å². The molecule has 2 amide bonds. The van der Waals surface area contributed by atoms with Gasteiger partial charge >= 0.3 is 0 Å². The highest BCUT2D eigenvalue weighted by Crippen LogP contribution is 2.38. The van der Waals surface area contributed by atoms with Crippen LogP contribution in [0.1, 0.15) is 43.0 Å². The number of nitrogens with one attached hydrogen (secondary N) is 1. The van der Waals surface area contributed by atoms with Crippen molar-refractivity contribution < 1.29 is 14.5 Å². The van der Waals surface area contributed by atoms with Crippen LogP contribution in [0.2, 0.25) is 0 Å². The van der Waals surface area contributed by atoms with Crippen LogP contribution < -0.4 is 5.43 Å². The zero-order valence-electron chi connectivity index (χ0n) is 13.1. The predicted octanol–water partition coefficient (Wildman–Crippen LogP) is 2.78. The van der Waals surface area contributed by atoms with Gasteiger partial charge in [-0.05, 0) is 18.4 Å². The molecule has 1 unspecified atom stereocenters. The van der Waals surface area contributed by atoms with Crippen molar-refractivity contribution in [2.24, 2.45) is 5.92 Å². The van der Waals surface area contributed by atoms with E-state index in [9.17, 15) is 19.7 Å². The van der Waals surface area contributed by atoms with E-state index in [4.69, 9.17) is 0 Å². The number of rotatable bonds is 4. The Kier molecular flexibility index (Phi) is 5.03. The van der Waals surface area contributed by atoms with Gasteiger partial charge in [0, 0.05) is 18.1 Å². The summed E-state index contributed by atoms with van der Waals surface area (Å²) < 4.78 is 0. The van der Waals surface area contributed by atoms with E-state index in [-0.39, 0.29) is 29.2 Å². The quantitative estimate of drug-likeness (QED) is 0.666. The van der Waals surface area contributed by atoms with Crippen LogP contribution in [0.5, 0.6) is 0 Å². The van der Waals surface area contributed by atoms with Crippen LogP contribution in [-0.4, -0.2) is 27.5 Å². The van der Waals surface area contributed by atoms with Gasteiger partial charge in [0.2, 0.25) is 5.91 Å². The molecule has 128 valence electrons. The fourth-order valence-electron chi connectivity index (χ4n) is 3.16. The van der Waals surface area contributed by atoms with Crippen molar-refractivity contribution in [3.8, 4) is 0 Å². The van der Waals surface area contributed by atoms with Gasteiger partial charge < -0.3 is 0 Å². The van der Waals surface area contributed by atoms with Crippen molar-refractivity contribution >= 4 is 29.3 Å². The van der Waals surface area contributed by atoms with Crippen molar-refractivity contribution in [3.05, 3.63) is 39.9 Å². The van der Waals surface area contributed by atoms with Crippen molar-refractivity contribution in [1.29, 1.82) is 0 Å². The lowest BCUT2D eigenvalue weighted by Gasteiger charge is -2.28. The van der Waals surface area contributed by atoms with Crippen LogP contribution in [-0.2, 0) is 9.59 Å². The van der Waals surface area contributed by atoms with Gasteiger partial charge in [0.15, 0.2) is 0 Å². The maximum absolute atomic E-state index is 12.4. The molecule has 1 aromatic carbocycles. The van der Waals surface area contributed by atoms with Gasteiger partial charge in [-0.15, -0.1) is 11.8 Å². The highest BCUT2D eigenvalue weighted by Gasteiger charge is 2.36. The van der Waals surface area contributed by atoms with Crippen LogP contribution in [0, 0.1) is 16.0 Å². The van der Waals surface area contributed by atoms with E-state index in [0.717, 1.165) is 32.1 Å². The molecular formula is C16H19N3O4S. The lowest BCUT2D eigenvalue weighted by atomic mass is 9.89. The number of benzene rings is 1. The number of carbonyl (C=O) groups excluding carboxylic acids is 2. The molecule has 1 aliphatic carbocycles. The summed E-state index contributed by atoms with van der Waals surface area (Å²) >= 11 is 1.36. The Bertz CT molecular complexity index is 660. The van der Waals surface area contributed by atoms with E-state index < -0.39 is 10.3 Å². The number of amides is 2. The van der Waals surface area contributed by atoms with Gasteiger partial charge in [0.05, 0.1) is 10.7 Å². The van der Waals surface area contributed by atoms with Gasteiger partial charge in [-0.25, -0.2) is 5.01 Å². The van der Waals surface area contributed by atoms with Gasteiger partial charge in [-0.1, -0.05) is 31.4 Å². The summed E-state index contributed by atoms with van der Waals surface area (Å²) in [5.74, 6) is -0.109. The number of nitrogens with zero attached hydrogens (tertiary/aromatic N) is 2. The normalized spacial score (nSPS) is 21.8. The largest absolute Gasteiger partial charge is 0.273 e. The molecule has 0 spiro atoms. The second-order valence-corrected chi connectivity index (χ2v) is 7.16. The number of thioether (sulfide) groups is 1. The Labute approximate surface area is 143 Å². The smallest absolute Gasteiger partial charge is 0.269 e. The molecule has 1 saturated carbocycles. The maximum Gasteiger partial charge on any atom is 0.269 e. The standard InChI is InChI=1S/C16H19N3O4S/c20-14-10-24-16(12-7-4-8-13(9-12)19(22)23)18(14)17-15(21)11-5-2-1-3-6-11/h4,7-9,11,16H,1-3,5-6,10H2,(H,17,21). The first-order valence-corrected chi connectivity index (χ1v) is 9.09. The molecule has 7 nitrogen and oxygen atoms in total. The Hall–Kier alpha value is -2.09. The molecule has 1 aliphatic heterocycles. The Morgan fingerprint density at radius 2 is 2.04 bits per heavy atom. The molecular weight excluding hydrogens is 330 g/mol. The molecule has 0 aromatic heterocycles. The second-order valence-electron chi connectivity index (χ2n) is 6.09. The minimum absolute atomic E-state index is 0.0222. The SMILES string of the molecule is O=C(NN1C(=O)CSC1c1cccc([N+](=O)[O-])c1)C1CCCCC1. The first kappa shape index (κ1) is 16.8. The number of nitro groups is 1. The Morgan fingerprint density at radius 1 is 1.29 bits per heavy atom. The average molecular weight is 349 g/mol. The van der Waals surface area contributed by atoms with Crippen molar-refractivity contribution in [3.63, 3.8) is 0 Å². The molecule has 1 saturated heterocycles. The summed E-state index contributed by atoms with van der Waals surface area (Å²) in [6.07, 6.45) is 4.92. The van der Waals surface area contributed by atoms with Gasteiger partial charge in [0.1, 0.15) is 5.37 Å². The number of hydrazine groups is 1. The van der Waals surface area contributed by atoms with E-state index in [2.05, 4.69) is 5.43 Å². The average Bonchev–Trinajstić information content (AvgIpc) is 2.96. The summed E-state index contributed by atoms with van der Waals surface area (Å²) in [6.45, 7) is 0. The van der Waals surface area contributed by atoms with Crippen LogP contribution in [0.25, 0.3) is 0 Å². The minimum Gasteiger partial charge on any atom is -0.273 e. The third-order valence-electron chi connectivity index (χ3n) is 4.44. The number of nitro benzene ring substituents is 1. The monoisotopic (exact) mass is 349 g/mol. The summed E-state index contributed by atoms with van der Waals surface area (Å²) in [4.78, 5) is 35.1. The number of non-ortho nitro benzene ring substituents is 1. The molecule has 0 radical (unpaired) electrons. The summed E-state index contributed by atoms with van der Waals surface area (Å²) in [6, 6.07) is 6.20. The third kappa shape index (κ3) is 3.53. The van der Waals surface area contributed by atoms with Gasteiger partial charge in [-0.2, -0.15) is 0 Å². The van der Waals surface area contributed by atoms with E-state index in [1.54, 1.807) is 12.1 Å². The molecule has 3 rings (SSSR count). The molecule has 8 heteroatoms. The highest BCUT2D eigenvalue weighted by atomic mass is 32.2. The predicted molar refractivity (Wildman–Crippen MR) is 89.9 cm³/mol. The zero-order valence-corrected chi connectivity index (χ0v) is 14.0. The Morgan fingerprint density at radius 3 is 2.75 bits per heavy atom. The van der Waals surface area contributed by atoms with Crippen molar-refractivity contribution in [1.82, 2.24) is 10.4 Å². The Balaban J connectivity index is 1.75. The van der Waals surface area contributed by atoms with Crippen molar-refractivity contribution in [2.45, 2.75) is 37.5 Å². The second kappa shape index (κ2) is 7.21. The summed E-state index contributed by atoms with van der Waals surface area (Å²) in [5.41, 5.74) is 3.37. The molecule has 1 heterocycles. The highest BCUT2D eigenvalue weighted by molar-refractivity contribution is 8.00. The third-order valence-corrected chi connectivity index (χ3v) is 5.65. The molecule has 1 atom stereocenters. The summed E-state index contributed by atoms with van der Waals surface area (Å²) in [5, 5.41) is 11.9. The lowest BCUT2D eigenvalue weighted by Crippen LogP contribution is -2.47. The van der Waals surface area contributed by atoms with E-state index in [0.29, 0.717) is 5.56 Å². The molecule has 0 bridgehead atoms. The van der Waals surface area contributed by atoms with Crippen LogP contribution >= 0.6 is 11.8 Å². The molecule has 2 fully saturated rings. The van der Waals surface area contributed by atoms with Crippen LogP contribution in [0.3, 0.4) is 0 Å². The fourth-order valence-corrected chi connectivity index (χ4v) is 4.26. The molecule has 1 aromatic rings. The zero-order chi connectivity index (χ0) is 17.1. The van der Waals surface area contributed by atoms with Gasteiger partial charge in [0.25, 0.3) is 11.6 Å². The topological polar surface area (TPSA) is 92.6 Å². The van der Waals surface area contributed by atoms with Crippen LogP contribution in [0.15, 0.2) is 24.3 Å². The summed E-state index contributed by atoms with van der Waals surface area (Å²) in [7, 11) is 0. The van der Waals surface area contributed by atoms with E-state index >= 15 is 0 Å². The molecule has 1 N–H and O–H groups in total. The van der Waals surface area contributed by atoms with Gasteiger partial charge in [-0.3, -0.25) is 25.1 Å².